The van der Waals surface area contributed by atoms with E-state index in [0.717, 1.165) is 22.5 Å². The number of hydrogen-bond acceptors (Lipinski definition) is 2. The molecule has 0 N–H and O–H groups in total. The van der Waals surface area contributed by atoms with E-state index in [1.165, 1.54) is 11.1 Å². The van der Waals surface area contributed by atoms with Crippen molar-refractivity contribution in [2.75, 3.05) is 0 Å². The van der Waals surface area contributed by atoms with E-state index < -0.39 is 0 Å². The smallest absolute Gasteiger partial charge is 0.159 e. The molecule has 0 fully saturated rings. The minimum Gasteiger partial charge on any atom is -0.237 e. The highest BCUT2D eigenvalue weighted by Crippen LogP contribution is 2.34. The van der Waals surface area contributed by atoms with Gasteiger partial charge in [0.1, 0.15) is 0 Å². The van der Waals surface area contributed by atoms with Crippen LogP contribution in [0.4, 0.5) is 0 Å². The fraction of sp³-hybridized carbons (Fsp3) is 0. The van der Waals surface area contributed by atoms with Crippen molar-refractivity contribution in [3.63, 3.8) is 0 Å². The first-order valence-electron chi connectivity index (χ1n) is 7.94. The van der Waals surface area contributed by atoms with E-state index in [-0.39, 0.29) is 0 Å². The van der Waals surface area contributed by atoms with Gasteiger partial charge in [0.25, 0.3) is 0 Å². The Labute approximate surface area is 141 Å². The molecule has 4 rings (SSSR count). The first-order valence-corrected chi connectivity index (χ1v) is 7.94. The third kappa shape index (κ3) is 2.82. The molecule has 4 aromatic rings. The second-order valence-corrected chi connectivity index (χ2v) is 5.56. The van der Waals surface area contributed by atoms with Gasteiger partial charge in [-0.15, -0.1) is 0 Å². The third-order valence-corrected chi connectivity index (χ3v) is 4.02. The van der Waals surface area contributed by atoms with Crippen LogP contribution in [0.3, 0.4) is 0 Å². The van der Waals surface area contributed by atoms with Gasteiger partial charge in [0.15, 0.2) is 5.82 Å². The van der Waals surface area contributed by atoms with Crippen LogP contribution in [-0.2, 0) is 0 Å². The Balaban J connectivity index is 1.92. The second kappa shape index (κ2) is 6.47. The van der Waals surface area contributed by atoms with Crippen LogP contribution in [0.2, 0.25) is 0 Å². The number of nitrogens with zero attached hydrogens (tertiary/aromatic N) is 2. The van der Waals surface area contributed by atoms with Crippen molar-refractivity contribution in [2.45, 2.75) is 0 Å². The minimum atomic E-state index is 0.746. The predicted octanol–water partition coefficient (Wildman–Crippen LogP) is 5.48. The summed E-state index contributed by atoms with van der Waals surface area (Å²) >= 11 is 0. The van der Waals surface area contributed by atoms with E-state index in [2.05, 4.69) is 76.7 Å². The molecule has 1 heterocycles. The van der Waals surface area contributed by atoms with Gasteiger partial charge in [0.05, 0.1) is 0 Å². The van der Waals surface area contributed by atoms with Crippen LogP contribution in [-0.4, -0.2) is 9.97 Å². The number of benzene rings is 3. The lowest BCUT2D eigenvalue weighted by molar-refractivity contribution is 1.18. The highest BCUT2D eigenvalue weighted by atomic mass is 14.9. The van der Waals surface area contributed by atoms with Crippen molar-refractivity contribution in [1.82, 2.24) is 9.97 Å². The van der Waals surface area contributed by atoms with Crippen LogP contribution in [0, 0.1) is 0 Å². The molecule has 1 aromatic heterocycles. The molecule has 0 unspecified atom stereocenters. The number of aromatic nitrogens is 2. The van der Waals surface area contributed by atoms with Crippen LogP contribution >= 0.6 is 0 Å². The molecule has 2 nitrogen and oxygen atoms in total. The van der Waals surface area contributed by atoms with Gasteiger partial charge >= 0.3 is 0 Å². The maximum absolute atomic E-state index is 4.43. The Bertz CT molecular complexity index is 933. The Hall–Kier alpha value is -3.26. The quantitative estimate of drug-likeness (QED) is 0.501. The lowest BCUT2D eigenvalue weighted by Gasteiger charge is -2.12. The molecule has 0 aliphatic rings. The Morgan fingerprint density at radius 3 is 1.75 bits per heavy atom. The first-order chi connectivity index (χ1) is 11.9. The van der Waals surface area contributed by atoms with Gasteiger partial charge in [-0.25, -0.2) is 9.97 Å². The second-order valence-electron chi connectivity index (χ2n) is 5.56. The van der Waals surface area contributed by atoms with Crippen LogP contribution in [0.15, 0.2) is 97.3 Å². The average Bonchev–Trinajstić information content (AvgIpc) is 2.69. The molecule has 0 radical (unpaired) electrons. The fourth-order valence-corrected chi connectivity index (χ4v) is 2.84. The summed E-state index contributed by atoms with van der Waals surface area (Å²) in [7, 11) is 0. The van der Waals surface area contributed by atoms with Crippen molar-refractivity contribution in [3.8, 4) is 33.6 Å². The topological polar surface area (TPSA) is 25.8 Å². The van der Waals surface area contributed by atoms with Crippen LogP contribution in [0.5, 0.6) is 0 Å². The predicted molar refractivity (Wildman–Crippen MR) is 98.3 cm³/mol. The van der Waals surface area contributed by atoms with Crippen LogP contribution in [0.1, 0.15) is 0 Å². The van der Waals surface area contributed by atoms with Gasteiger partial charge in [-0.05, 0) is 40.5 Å². The molecule has 2 heteroatoms. The summed E-state index contributed by atoms with van der Waals surface area (Å²) in [6.07, 6.45) is 3.56. The van der Waals surface area contributed by atoms with Crippen molar-refractivity contribution in [2.24, 2.45) is 0 Å². The highest BCUT2D eigenvalue weighted by Gasteiger charge is 2.11. The van der Waals surface area contributed by atoms with Gasteiger partial charge in [-0.1, -0.05) is 66.7 Å². The van der Waals surface area contributed by atoms with Gasteiger partial charge in [-0.2, -0.15) is 0 Å². The van der Waals surface area contributed by atoms with Gasteiger partial charge in [-0.3, -0.25) is 0 Å². The molecule has 0 bridgehead atoms. The summed E-state index contributed by atoms with van der Waals surface area (Å²) in [6.45, 7) is 0. The first kappa shape index (κ1) is 14.3. The normalized spacial score (nSPS) is 10.5. The van der Waals surface area contributed by atoms with E-state index in [0.29, 0.717) is 0 Å². The summed E-state index contributed by atoms with van der Waals surface area (Å²) in [6, 6.07) is 29.1. The van der Waals surface area contributed by atoms with E-state index in [1.54, 1.807) is 12.4 Å². The summed E-state index contributed by atoms with van der Waals surface area (Å²) < 4.78 is 0. The number of rotatable bonds is 3. The molecule has 114 valence electrons. The SMILES string of the molecule is c1ccc(-c2ccc(-c3ncccn3)c(-c3ccccc3)c2)cc1. The highest BCUT2D eigenvalue weighted by molar-refractivity contribution is 5.84. The minimum absolute atomic E-state index is 0.746. The molecule has 0 amide bonds. The molecule has 0 atom stereocenters. The lowest BCUT2D eigenvalue weighted by atomic mass is 9.94. The van der Waals surface area contributed by atoms with Crippen LogP contribution in [0.25, 0.3) is 33.6 Å². The zero-order chi connectivity index (χ0) is 16.2. The molecule has 0 aliphatic heterocycles. The Morgan fingerprint density at radius 1 is 0.458 bits per heavy atom. The molecular formula is C22H16N2. The van der Waals surface area contributed by atoms with E-state index in [1.807, 2.05) is 18.2 Å². The summed E-state index contributed by atoms with van der Waals surface area (Å²) in [4.78, 5) is 8.85. The van der Waals surface area contributed by atoms with E-state index in [9.17, 15) is 0 Å². The summed E-state index contributed by atoms with van der Waals surface area (Å²) in [5.74, 6) is 0.746. The van der Waals surface area contributed by atoms with Gasteiger partial charge in [0.2, 0.25) is 0 Å². The zero-order valence-corrected chi connectivity index (χ0v) is 13.1. The Kier molecular flexibility index (Phi) is 3.86. The standard InChI is InChI=1S/C22H16N2/c1-3-8-17(9-4-1)19-12-13-20(22-23-14-7-15-24-22)21(16-19)18-10-5-2-6-11-18/h1-16H. The largest absolute Gasteiger partial charge is 0.237 e. The zero-order valence-electron chi connectivity index (χ0n) is 13.1. The van der Waals surface area contributed by atoms with Crippen LogP contribution < -0.4 is 0 Å². The maximum Gasteiger partial charge on any atom is 0.159 e. The van der Waals surface area contributed by atoms with Crippen molar-refractivity contribution >= 4 is 0 Å². The monoisotopic (exact) mass is 308 g/mol. The lowest BCUT2D eigenvalue weighted by Crippen LogP contribution is -1.91. The van der Waals surface area contributed by atoms with Crippen molar-refractivity contribution in [3.05, 3.63) is 97.3 Å². The van der Waals surface area contributed by atoms with Gasteiger partial charge in [0, 0.05) is 18.0 Å². The van der Waals surface area contributed by atoms with Crippen molar-refractivity contribution in [1.29, 1.82) is 0 Å². The van der Waals surface area contributed by atoms with E-state index in [4.69, 9.17) is 0 Å². The van der Waals surface area contributed by atoms with E-state index >= 15 is 0 Å². The molecular weight excluding hydrogens is 292 g/mol. The maximum atomic E-state index is 4.43. The average molecular weight is 308 g/mol. The summed E-state index contributed by atoms with van der Waals surface area (Å²) in [5.41, 5.74) is 5.74. The molecule has 0 spiro atoms. The third-order valence-electron chi connectivity index (χ3n) is 4.02. The molecule has 0 saturated carbocycles. The molecule has 24 heavy (non-hydrogen) atoms. The Morgan fingerprint density at radius 2 is 1.08 bits per heavy atom. The summed E-state index contributed by atoms with van der Waals surface area (Å²) in [5, 5.41) is 0. The molecule has 0 saturated heterocycles. The molecule has 0 aliphatic carbocycles. The molecule has 3 aromatic carbocycles. The fourth-order valence-electron chi connectivity index (χ4n) is 2.84. The number of hydrogen-bond donors (Lipinski definition) is 0. The van der Waals surface area contributed by atoms with Crippen molar-refractivity contribution < 1.29 is 0 Å². The van der Waals surface area contributed by atoms with Gasteiger partial charge < -0.3 is 0 Å².